The number of nitrogens with one attached hydrogen (secondary N) is 1. The second-order valence-corrected chi connectivity index (χ2v) is 3.78. The summed E-state index contributed by atoms with van der Waals surface area (Å²) < 4.78 is 5.17. The summed E-state index contributed by atoms with van der Waals surface area (Å²) in [5, 5.41) is 4.16. The van der Waals surface area contributed by atoms with Crippen molar-refractivity contribution in [3.63, 3.8) is 0 Å². The van der Waals surface area contributed by atoms with Gasteiger partial charge in [-0.2, -0.15) is 5.10 Å². The Kier molecular flexibility index (Phi) is 5.17. The van der Waals surface area contributed by atoms with E-state index in [0.29, 0.717) is 6.04 Å². The number of nitrogens with zero attached hydrogens (tertiary/aromatic N) is 2. The Balaban J connectivity index is 2.63. The SMILES string of the molecule is CC/C=C/CC(NI)c1ccnn1C. The van der Waals surface area contributed by atoms with Crippen molar-refractivity contribution in [2.45, 2.75) is 25.8 Å². The molecule has 1 aromatic rings. The molecule has 0 fully saturated rings. The van der Waals surface area contributed by atoms with Crippen molar-refractivity contribution in [3.8, 4) is 0 Å². The van der Waals surface area contributed by atoms with Crippen LogP contribution in [0, 0.1) is 0 Å². The number of hydrogen-bond acceptors (Lipinski definition) is 2. The summed E-state index contributed by atoms with van der Waals surface area (Å²) in [5.74, 6) is 0. The van der Waals surface area contributed by atoms with Crippen molar-refractivity contribution in [2.75, 3.05) is 0 Å². The second kappa shape index (κ2) is 6.19. The maximum atomic E-state index is 4.16. The molecule has 0 aliphatic heterocycles. The van der Waals surface area contributed by atoms with Crippen LogP contribution in [0.5, 0.6) is 0 Å². The highest BCUT2D eigenvalue weighted by Crippen LogP contribution is 2.17. The molecule has 1 atom stereocenters. The normalized spacial score (nSPS) is 13.6. The summed E-state index contributed by atoms with van der Waals surface area (Å²) in [5.41, 5.74) is 1.22. The highest BCUT2D eigenvalue weighted by Gasteiger charge is 2.10. The zero-order valence-corrected chi connectivity index (χ0v) is 10.7. The molecule has 0 aliphatic carbocycles. The van der Waals surface area contributed by atoms with Gasteiger partial charge in [-0.3, -0.25) is 8.21 Å². The zero-order chi connectivity index (χ0) is 10.4. The zero-order valence-electron chi connectivity index (χ0n) is 8.57. The average Bonchev–Trinajstić information content (AvgIpc) is 2.60. The molecule has 1 heterocycles. The maximum Gasteiger partial charge on any atom is 0.0616 e. The molecule has 0 saturated carbocycles. The van der Waals surface area contributed by atoms with E-state index in [2.05, 4.69) is 56.6 Å². The first kappa shape index (κ1) is 11.7. The molecule has 1 aromatic heterocycles. The highest BCUT2D eigenvalue weighted by molar-refractivity contribution is 14.1. The van der Waals surface area contributed by atoms with Crippen molar-refractivity contribution in [1.29, 1.82) is 0 Å². The lowest BCUT2D eigenvalue weighted by molar-refractivity contribution is 0.607. The molecule has 1 N–H and O–H groups in total. The number of rotatable bonds is 5. The van der Waals surface area contributed by atoms with Crippen LogP contribution in [0.3, 0.4) is 0 Å². The molecule has 0 saturated heterocycles. The minimum absolute atomic E-state index is 0.353. The molecule has 0 bridgehead atoms. The van der Waals surface area contributed by atoms with Crippen molar-refractivity contribution in [1.82, 2.24) is 13.3 Å². The minimum atomic E-state index is 0.353. The molecule has 1 unspecified atom stereocenters. The maximum absolute atomic E-state index is 4.16. The molecular weight excluding hydrogens is 289 g/mol. The summed E-state index contributed by atoms with van der Waals surface area (Å²) in [6.07, 6.45) is 8.34. The molecule has 78 valence electrons. The third kappa shape index (κ3) is 3.09. The van der Waals surface area contributed by atoms with Gasteiger partial charge in [-0.05, 0) is 18.9 Å². The predicted molar refractivity (Wildman–Crippen MR) is 67.2 cm³/mol. The fourth-order valence-electron chi connectivity index (χ4n) is 1.35. The monoisotopic (exact) mass is 305 g/mol. The Morgan fingerprint density at radius 2 is 2.43 bits per heavy atom. The standard InChI is InChI=1S/C10H16IN3/c1-3-4-5-6-9(13-11)10-7-8-12-14(10)2/h4-5,7-9,13H,3,6H2,1-2H3/b5-4+. The predicted octanol–water partition coefficient (Wildman–Crippen LogP) is 2.76. The van der Waals surface area contributed by atoms with Crippen molar-refractivity contribution in [3.05, 3.63) is 30.1 Å². The van der Waals surface area contributed by atoms with Crippen LogP contribution in [0.2, 0.25) is 0 Å². The number of halogens is 1. The van der Waals surface area contributed by atoms with E-state index in [1.165, 1.54) is 5.69 Å². The van der Waals surface area contributed by atoms with Crippen molar-refractivity contribution < 1.29 is 0 Å². The first-order chi connectivity index (χ1) is 6.79. The molecule has 0 aliphatic rings. The van der Waals surface area contributed by atoms with Crippen LogP contribution in [0.25, 0.3) is 0 Å². The van der Waals surface area contributed by atoms with Crippen LogP contribution in [-0.2, 0) is 7.05 Å². The number of aromatic nitrogens is 2. The van der Waals surface area contributed by atoms with Crippen LogP contribution >= 0.6 is 22.9 Å². The van der Waals surface area contributed by atoms with Gasteiger partial charge < -0.3 is 0 Å². The van der Waals surface area contributed by atoms with Gasteiger partial charge in [0.25, 0.3) is 0 Å². The molecule has 1 rings (SSSR count). The lowest BCUT2D eigenvalue weighted by Gasteiger charge is -2.12. The van der Waals surface area contributed by atoms with E-state index in [0.717, 1.165) is 12.8 Å². The lowest BCUT2D eigenvalue weighted by Crippen LogP contribution is -2.14. The summed E-state index contributed by atoms with van der Waals surface area (Å²) in [4.78, 5) is 0. The molecule has 3 nitrogen and oxygen atoms in total. The first-order valence-electron chi connectivity index (χ1n) is 4.78. The quantitative estimate of drug-likeness (QED) is 0.515. The van der Waals surface area contributed by atoms with E-state index in [1.807, 2.05) is 17.9 Å². The van der Waals surface area contributed by atoms with E-state index in [1.54, 1.807) is 0 Å². The molecule has 0 spiro atoms. The largest absolute Gasteiger partial charge is 0.271 e. The van der Waals surface area contributed by atoms with Gasteiger partial charge in [0, 0.05) is 36.1 Å². The van der Waals surface area contributed by atoms with Crippen molar-refractivity contribution >= 4 is 22.9 Å². The topological polar surface area (TPSA) is 29.9 Å². The van der Waals surface area contributed by atoms with Crippen LogP contribution in [-0.4, -0.2) is 9.78 Å². The van der Waals surface area contributed by atoms with E-state index >= 15 is 0 Å². The third-order valence-electron chi connectivity index (χ3n) is 2.12. The van der Waals surface area contributed by atoms with Gasteiger partial charge >= 0.3 is 0 Å². The van der Waals surface area contributed by atoms with Crippen LogP contribution < -0.4 is 3.53 Å². The smallest absolute Gasteiger partial charge is 0.0616 e. The van der Waals surface area contributed by atoms with Gasteiger partial charge in [0.1, 0.15) is 0 Å². The Morgan fingerprint density at radius 1 is 1.64 bits per heavy atom. The van der Waals surface area contributed by atoms with Gasteiger partial charge in [-0.1, -0.05) is 19.1 Å². The summed E-state index contributed by atoms with van der Waals surface area (Å²) in [6.45, 7) is 2.15. The van der Waals surface area contributed by atoms with E-state index < -0.39 is 0 Å². The number of allylic oxidation sites excluding steroid dienone is 1. The molecule has 0 aromatic carbocycles. The molecule has 0 radical (unpaired) electrons. The Labute approximate surface area is 99.1 Å². The van der Waals surface area contributed by atoms with Gasteiger partial charge in [-0.25, -0.2) is 0 Å². The average molecular weight is 305 g/mol. The fourth-order valence-corrected chi connectivity index (χ4v) is 1.92. The second-order valence-electron chi connectivity index (χ2n) is 3.16. The minimum Gasteiger partial charge on any atom is -0.271 e. The molecule has 4 heteroatoms. The van der Waals surface area contributed by atoms with Gasteiger partial charge in [0.15, 0.2) is 0 Å². The summed E-state index contributed by atoms with van der Waals surface area (Å²) in [7, 11) is 1.97. The highest BCUT2D eigenvalue weighted by atomic mass is 127. The lowest BCUT2D eigenvalue weighted by atomic mass is 10.1. The van der Waals surface area contributed by atoms with Gasteiger partial charge in [0.2, 0.25) is 0 Å². The van der Waals surface area contributed by atoms with E-state index in [4.69, 9.17) is 0 Å². The van der Waals surface area contributed by atoms with E-state index in [9.17, 15) is 0 Å². The fraction of sp³-hybridized carbons (Fsp3) is 0.500. The number of aryl methyl sites for hydroxylation is 1. The molecule has 14 heavy (non-hydrogen) atoms. The third-order valence-corrected chi connectivity index (χ3v) is 2.87. The van der Waals surface area contributed by atoms with Crippen LogP contribution in [0.1, 0.15) is 31.5 Å². The van der Waals surface area contributed by atoms with Crippen LogP contribution in [0.15, 0.2) is 24.4 Å². The summed E-state index contributed by atoms with van der Waals surface area (Å²) >= 11 is 2.19. The summed E-state index contributed by atoms with van der Waals surface area (Å²) in [6, 6.07) is 2.40. The Hall–Kier alpha value is -0.360. The Bertz CT molecular complexity index is 293. The van der Waals surface area contributed by atoms with Gasteiger partial charge in [0.05, 0.1) is 11.7 Å². The number of hydrogen-bond donors (Lipinski definition) is 1. The Morgan fingerprint density at radius 3 is 2.93 bits per heavy atom. The van der Waals surface area contributed by atoms with Crippen LogP contribution in [0.4, 0.5) is 0 Å². The first-order valence-corrected chi connectivity index (χ1v) is 5.86. The van der Waals surface area contributed by atoms with Gasteiger partial charge in [-0.15, -0.1) is 0 Å². The molecular formula is C10H16IN3. The molecule has 0 amide bonds. The van der Waals surface area contributed by atoms with Crippen molar-refractivity contribution in [2.24, 2.45) is 7.05 Å². The van der Waals surface area contributed by atoms with E-state index in [-0.39, 0.29) is 0 Å².